The van der Waals surface area contributed by atoms with Crippen LogP contribution in [0.1, 0.15) is 12.5 Å². The summed E-state index contributed by atoms with van der Waals surface area (Å²) in [6, 6.07) is 6.34. The number of rotatable bonds is 4. The average Bonchev–Trinajstić information content (AvgIpc) is 2.14. The van der Waals surface area contributed by atoms with E-state index in [4.69, 9.17) is 4.74 Å². The van der Waals surface area contributed by atoms with Gasteiger partial charge in [0.25, 0.3) is 5.09 Å². The summed E-state index contributed by atoms with van der Waals surface area (Å²) in [4.78, 5) is 24.7. The van der Waals surface area contributed by atoms with E-state index >= 15 is 0 Å². The van der Waals surface area contributed by atoms with Crippen molar-refractivity contribution in [2.45, 2.75) is 13.5 Å². The molecule has 80 valence electrons. The van der Waals surface area contributed by atoms with E-state index in [1.165, 1.54) is 13.0 Å². The Kier molecular flexibility index (Phi) is 3.61. The van der Waals surface area contributed by atoms with Crippen LogP contribution < -0.4 is 4.74 Å². The van der Waals surface area contributed by atoms with Crippen LogP contribution in [-0.4, -0.2) is 11.1 Å². The minimum Gasteiger partial charge on any atom is -0.427 e. The highest BCUT2D eigenvalue weighted by atomic mass is 16.9. The van der Waals surface area contributed by atoms with Gasteiger partial charge in [0.2, 0.25) is 0 Å². The van der Waals surface area contributed by atoms with Gasteiger partial charge in [-0.2, -0.15) is 0 Å². The quantitative estimate of drug-likeness (QED) is 0.325. The summed E-state index contributed by atoms with van der Waals surface area (Å²) in [7, 11) is 0. The summed E-state index contributed by atoms with van der Waals surface area (Å²) in [6.45, 7) is 1.11. The first kappa shape index (κ1) is 11.0. The predicted octanol–water partition coefficient (Wildman–Crippen LogP) is 1.32. The van der Waals surface area contributed by atoms with Gasteiger partial charge in [-0.3, -0.25) is 4.79 Å². The molecule has 0 bridgehead atoms. The molecule has 0 heterocycles. The van der Waals surface area contributed by atoms with Crippen molar-refractivity contribution in [3.63, 3.8) is 0 Å². The Hall–Kier alpha value is -2.11. The second kappa shape index (κ2) is 4.94. The Morgan fingerprint density at radius 1 is 1.53 bits per heavy atom. The number of nitrogens with zero attached hydrogens (tertiary/aromatic N) is 1. The molecule has 1 aromatic carbocycles. The van der Waals surface area contributed by atoms with Crippen LogP contribution in [0.15, 0.2) is 24.3 Å². The van der Waals surface area contributed by atoms with Crippen molar-refractivity contribution in [2.75, 3.05) is 0 Å². The Labute approximate surface area is 85.5 Å². The monoisotopic (exact) mass is 211 g/mol. The van der Waals surface area contributed by atoms with Gasteiger partial charge in [-0.15, -0.1) is 10.1 Å². The van der Waals surface area contributed by atoms with Gasteiger partial charge >= 0.3 is 5.97 Å². The predicted molar refractivity (Wildman–Crippen MR) is 49.5 cm³/mol. The van der Waals surface area contributed by atoms with Crippen LogP contribution in [0.3, 0.4) is 0 Å². The summed E-state index contributed by atoms with van der Waals surface area (Å²) >= 11 is 0. The van der Waals surface area contributed by atoms with E-state index in [2.05, 4.69) is 4.84 Å². The third kappa shape index (κ3) is 4.08. The van der Waals surface area contributed by atoms with Gasteiger partial charge < -0.3 is 9.57 Å². The lowest BCUT2D eigenvalue weighted by molar-refractivity contribution is -0.763. The molecule has 6 heteroatoms. The SMILES string of the molecule is CC(=O)Oc1cccc(CO[N+](=O)[O-])c1. The van der Waals surface area contributed by atoms with Gasteiger partial charge in [0.05, 0.1) is 0 Å². The zero-order valence-electron chi connectivity index (χ0n) is 8.00. The summed E-state index contributed by atoms with van der Waals surface area (Å²) in [5, 5.41) is 9.06. The first-order chi connectivity index (χ1) is 7.08. The van der Waals surface area contributed by atoms with Crippen LogP contribution in [0.5, 0.6) is 5.75 Å². The topological polar surface area (TPSA) is 78.7 Å². The Balaban J connectivity index is 2.65. The van der Waals surface area contributed by atoms with Crippen molar-refractivity contribution in [3.05, 3.63) is 39.9 Å². The lowest BCUT2D eigenvalue weighted by Gasteiger charge is -2.03. The summed E-state index contributed by atoms with van der Waals surface area (Å²) in [5.41, 5.74) is 0.561. The van der Waals surface area contributed by atoms with E-state index < -0.39 is 11.1 Å². The summed E-state index contributed by atoms with van der Waals surface area (Å²) in [6.07, 6.45) is 0. The van der Waals surface area contributed by atoms with E-state index in [1.54, 1.807) is 18.2 Å². The van der Waals surface area contributed by atoms with E-state index in [9.17, 15) is 14.9 Å². The lowest BCUT2D eigenvalue weighted by Crippen LogP contribution is -2.03. The summed E-state index contributed by atoms with van der Waals surface area (Å²) in [5.74, 6) is -0.103. The molecule has 0 aliphatic heterocycles. The Bertz CT molecular complexity index is 377. The van der Waals surface area contributed by atoms with Crippen molar-refractivity contribution >= 4 is 5.97 Å². The minimum atomic E-state index is -0.876. The van der Waals surface area contributed by atoms with Gasteiger partial charge in [-0.05, 0) is 17.7 Å². The van der Waals surface area contributed by atoms with Gasteiger partial charge in [-0.1, -0.05) is 12.1 Å². The molecular weight excluding hydrogens is 202 g/mol. The van der Waals surface area contributed by atoms with Crippen LogP contribution in [0.4, 0.5) is 0 Å². The molecule has 6 nitrogen and oxygen atoms in total. The maximum absolute atomic E-state index is 10.6. The standard InChI is InChI=1S/C9H9NO5/c1-7(11)15-9-4-2-3-8(5-9)6-14-10(12)13/h2-5H,6H2,1H3. The van der Waals surface area contributed by atoms with E-state index in [-0.39, 0.29) is 6.61 Å². The third-order valence-corrected chi connectivity index (χ3v) is 1.50. The molecule has 0 atom stereocenters. The third-order valence-electron chi connectivity index (χ3n) is 1.50. The molecule has 0 unspecified atom stereocenters. The average molecular weight is 211 g/mol. The number of hydrogen-bond acceptors (Lipinski definition) is 5. The summed E-state index contributed by atoms with van der Waals surface area (Å²) < 4.78 is 4.80. The van der Waals surface area contributed by atoms with Crippen LogP contribution in [0.25, 0.3) is 0 Å². The molecule has 0 N–H and O–H groups in total. The molecule has 0 aromatic heterocycles. The highest BCUT2D eigenvalue weighted by Gasteiger charge is 2.01. The number of esters is 1. The largest absolute Gasteiger partial charge is 0.427 e. The van der Waals surface area contributed by atoms with E-state index in [1.807, 2.05) is 0 Å². The van der Waals surface area contributed by atoms with E-state index in [0.717, 1.165) is 0 Å². The smallest absolute Gasteiger partial charge is 0.308 e. The molecule has 0 fully saturated rings. The molecule has 1 rings (SSSR count). The van der Waals surface area contributed by atoms with Crippen molar-refractivity contribution < 1.29 is 19.5 Å². The highest BCUT2D eigenvalue weighted by Crippen LogP contribution is 2.14. The Morgan fingerprint density at radius 2 is 2.27 bits per heavy atom. The minimum absolute atomic E-state index is 0.165. The first-order valence-corrected chi connectivity index (χ1v) is 4.12. The van der Waals surface area contributed by atoms with Crippen molar-refractivity contribution in [1.82, 2.24) is 0 Å². The molecule has 0 radical (unpaired) electrons. The highest BCUT2D eigenvalue weighted by molar-refractivity contribution is 5.69. The fourth-order valence-corrected chi connectivity index (χ4v) is 0.992. The molecule has 0 spiro atoms. The van der Waals surface area contributed by atoms with Crippen LogP contribution >= 0.6 is 0 Å². The second-order valence-corrected chi connectivity index (χ2v) is 2.74. The number of ether oxygens (including phenoxy) is 1. The van der Waals surface area contributed by atoms with Crippen LogP contribution in [0, 0.1) is 10.1 Å². The number of hydrogen-bond donors (Lipinski definition) is 0. The van der Waals surface area contributed by atoms with Crippen LogP contribution in [-0.2, 0) is 16.2 Å². The number of carbonyl (C=O) groups is 1. The molecular formula is C9H9NO5. The molecule has 0 saturated carbocycles. The van der Waals surface area contributed by atoms with Crippen molar-refractivity contribution in [2.24, 2.45) is 0 Å². The number of carbonyl (C=O) groups excluding carboxylic acids is 1. The lowest BCUT2D eigenvalue weighted by atomic mass is 10.2. The zero-order chi connectivity index (χ0) is 11.3. The van der Waals surface area contributed by atoms with Gasteiger partial charge in [-0.25, -0.2) is 0 Å². The van der Waals surface area contributed by atoms with Crippen molar-refractivity contribution in [3.8, 4) is 5.75 Å². The van der Waals surface area contributed by atoms with Gasteiger partial charge in [0, 0.05) is 6.92 Å². The van der Waals surface area contributed by atoms with Gasteiger partial charge in [0.1, 0.15) is 12.4 Å². The molecule has 0 aliphatic carbocycles. The zero-order valence-corrected chi connectivity index (χ0v) is 8.00. The molecule has 0 saturated heterocycles. The maximum atomic E-state index is 10.6. The van der Waals surface area contributed by atoms with E-state index in [0.29, 0.717) is 11.3 Å². The molecule has 0 amide bonds. The van der Waals surface area contributed by atoms with Crippen LogP contribution in [0.2, 0.25) is 0 Å². The fourth-order valence-electron chi connectivity index (χ4n) is 0.992. The molecule has 15 heavy (non-hydrogen) atoms. The van der Waals surface area contributed by atoms with Gasteiger partial charge in [0.15, 0.2) is 0 Å². The second-order valence-electron chi connectivity index (χ2n) is 2.74. The Morgan fingerprint density at radius 3 is 2.87 bits per heavy atom. The normalized spacial score (nSPS) is 9.40. The fraction of sp³-hybridized carbons (Fsp3) is 0.222. The molecule has 1 aromatic rings. The first-order valence-electron chi connectivity index (χ1n) is 4.12. The number of benzene rings is 1. The van der Waals surface area contributed by atoms with Crippen molar-refractivity contribution in [1.29, 1.82) is 0 Å². The maximum Gasteiger partial charge on any atom is 0.308 e. The molecule has 0 aliphatic rings.